The Labute approximate surface area is 122 Å². The molecule has 0 aromatic carbocycles. The molecule has 0 bridgehead atoms. The molecule has 1 aliphatic rings. The highest BCUT2D eigenvalue weighted by Gasteiger charge is 2.33. The largest absolute Gasteiger partial charge is 0.459 e. The third-order valence-corrected chi connectivity index (χ3v) is 4.95. The quantitative estimate of drug-likeness (QED) is 0.797. The van der Waals surface area contributed by atoms with Crippen LogP contribution in [0.15, 0.2) is 0 Å². The smallest absolute Gasteiger partial charge is 0.324 e. The van der Waals surface area contributed by atoms with Gasteiger partial charge in [0.1, 0.15) is 11.6 Å². The zero-order valence-corrected chi connectivity index (χ0v) is 13.8. The second-order valence-electron chi connectivity index (χ2n) is 6.33. The molecule has 0 aromatic rings. The average Bonchev–Trinajstić information content (AvgIpc) is 2.26. The molecule has 20 heavy (non-hydrogen) atoms. The first-order valence-corrected chi connectivity index (χ1v) is 8.49. The molecule has 1 aliphatic heterocycles. The first kappa shape index (κ1) is 17.4. The Morgan fingerprint density at radius 3 is 2.45 bits per heavy atom. The number of esters is 1. The van der Waals surface area contributed by atoms with Gasteiger partial charge in [0.15, 0.2) is 0 Å². The van der Waals surface area contributed by atoms with E-state index in [1.54, 1.807) is 20.8 Å². The molecule has 1 heterocycles. The highest BCUT2D eigenvalue weighted by atomic mass is 32.2. The molecule has 1 unspecified atom stereocenters. The van der Waals surface area contributed by atoms with Crippen molar-refractivity contribution in [3.05, 3.63) is 0 Å². The molecule has 1 fully saturated rings. The fraction of sp³-hybridized carbons (Fsp3) is 0.923. The van der Waals surface area contributed by atoms with E-state index in [0.29, 0.717) is 6.54 Å². The summed E-state index contributed by atoms with van der Waals surface area (Å²) in [4.78, 5) is 11.8. The number of hydrogen-bond acceptors (Lipinski definition) is 4. The van der Waals surface area contributed by atoms with E-state index in [1.165, 1.54) is 11.2 Å². The Balaban J connectivity index is 2.68. The van der Waals surface area contributed by atoms with Gasteiger partial charge >= 0.3 is 5.97 Å². The van der Waals surface area contributed by atoms with Gasteiger partial charge < -0.3 is 4.74 Å². The predicted octanol–water partition coefficient (Wildman–Crippen LogP) is 1.43. The lowest BCUT2D eigenvalue weighted by Gasteiger charge is -2.33. The van der Waals surface area contributed by atoms with Gasteiger partial charge in [-0.25, -0.2) is 0 Å². The Kier molecular flexibility index (Phi) is 5.57. The van der Waals surface area contributed by atoms with E-state index in [0.717, 1.165) is 19.3 Å². The molecule has 1 saturated heterocycles. The standard InChI is InChI=1S/C13H26N2O4S/c1-10-8-6-7-9-15(10)20(17,18)14-11(2)12(16)19-13(3,4)5/h10-11,14H,6-9H2,1-5H3/t10?,11-/m1/s1. The first-order valence-electron chi connectivity index (χ1n) is 7.05. The van der Waals surface area contributed by atoms with E-state index in [-0.39, 0.29) is 6.04 Å². The molecule has 0 aromatic heterocycles. The number of nitrogens with one attached hydrogen (secondary N) is 1. The van der Waals surface area contributed by atoms with Crippen LogP contribution in [0.25, 0.3) is 0 Å². The van der Waals surface area contributed by atoms with E-state index in [4.69, 9.17) is 4.74 Å². The molecule has 0 saturated carbocycles. The van der Waals surface area contributed by atoms with Crippen molar-refractivity contribution in [2.75, 3.05) is 6.54 Å². The fourth-order valence-corrected chi connectivity index (χ4v) is 3.79. The predicted molar refractivity (Wildman–Crippen MR) is 77.4 cm³/mol. The maximum absolute atomic E-state index is 12.3. The summed E-state index contributed by atoms with van der Waals surface area (Å²) < 4.78 is 33.6. The van der Waals surface area contributed by atoms with Crippen molar-refractivity contribution in [2.45, 2.75) is 71.6 Å². The topological polar surface area (TPSA) is 75.7 Å². The highest BCUT2D eigenvalue weighted by Crippen LogP contribution is 2.19. The van der Waals surface area contributed by atoms with E-state index in [1.807, 2.05) is 6.92 Å². The molecule has 2 atom stereocenters. The molecule has 0 amide bonds. The van der Waals surface area contributed by atoms with E-state index in [9.17, 15) is 13.2 Å². The van der Waals surface area contributed by atoms with E-state index in [2.05, 4.69) is 4.72 Å². The minimum absolute atomic E-state index is 0.0351. The summed E-state index contributed by atoms with van der Waals surface area (Å²) in [7, 11) is -3.65. The van der Waals surface area contributed by atoms with Gasteiger partial charge in [-0.2, -0.15) is 17.4 Å². The van der Waals surface area contributed by atoms with Crippen LogP contribution in [-0.4, -0.2) is 42.9 Å². The minimum Gasteiger partial charge on any atom is -0.459 e. The normalized spacial score (nSPS) is 23.4. The van der Waals surface area contributed by atoms with Gasteiger partial charge in [0, 0.05) is 12.6 Å². The summed E-state index contributed by atoms with van der Waals surface area (Å²) in [5.41, 5.74) is -0.630. The van der Waals surface area contributed by atoms with Crippen molar-refractivity contribution in [1.29, 1.82) is 0 Å². The molecule has 7 heteroatoms. The molecule has 0 aliphatic carbocycles. The molecule has 6 nitrogen and oxygen atoms in total. The number of rotatable bonds is 4. The van der Waals surface area contributed by atoms with Gasteiger partial charge in [0.05, 0.1) is 0 Å². The molecule has 0 spiro atoms. The zero-order chi connectivity index (χ0) is 15.6. The third kappa shape index (κ3) is 5.03. The van der Waals surface area contributed by atoms with Crippen molar-refractivity contribution >= 4 is 16.2 Å². The maximum atomic E-state index is 12.3. The molecule has 1 N–H and O–H groups in total. The summed E-state index contributed by atoms with van der Waals surface area (Å²) in [6.45, 7) is 9.13. The molecular formula is C13H26N2O4S. The second kappa shape index (κ2) is 6.41. The van der Waals surface area contributed by atoms with Crippen molar-refractivity contribution in [2.24, 2.45) is 0 Å². The Morgan fingerprint density at radius 1 is 1.35 bits per heavy atom. The summed E-state index contributed by atoms with van der Waals surface area (Å²) >= 11 is 0. The number of ether oxygens (including phenoxy) is 1. The van der Waals surface area contributed by atoms with E-state index < -0.39 is 27.8 Å². The SMILES string of the molecule is CC1CCCCN1S(=O)(=O)N[C@H](C)C(=O)OC(C)(C)C. The van der Waals surface area contributed by atoms with Crippen molar-refractivity contribution in [3.8, 4) is 0 Å². The lowest BCUT2D eigenvalue weighted by atomic mass is 10.1. The number of hydrogen-bond donors (Lipinski definition) is 1. The molecule has 118 valence electrons. The van der Waals surface area contributed by atoms with Crippen LogP contribution in [0.1, 0.15) is 53.9 Å². The van der Waals surface area contributed by atoms with Gasteiger partial charge in [-0.1, -0.05) is 6.42 Å². The summed E-state index contributed by atoms with van der Waals surface area (Å²) in [6, 6.07) is -0.930. The lowest BCUT2D eigenvalue weighted by molar-refractivity contribution is -0.156. The van der Waals surface area contributed by atoms with Crippen molar-refractivity contribution in [1.82, 2.24) is 9.03 Å². The molecular weight excluding hydrogens is 280 g/mol. The van der Waals surface area contributed by atoms with Crippen LogP contribution < -0.4 is 4.72 Å². The zero-order valence-electron chi connectivity index (χ0n) is 13.0. The van der Waals surface area contributed by atoms with Gasteiger partial charge in [-0.15, -0.1) is 0 Å². The monoisotopic (exact) mass is 306 g/mol. The maximum Gasteiger partial charge on any atom is 0.324 e. The Morgan fingerprint density at radius 2 is 1.95 bits per heavy atom. The third-order valence-electron chi connectivity index (χ3n) is 3.14. The van der Waals surface area contributed by atoms with Crippen LogP contribution in [0.4, 0.5) is 0 Å². The Bertz CT molecular complexity index is 442. The van der Waals surface area contributed by atoms with Crippen LogP contribution in [0.5, 0.6) is 0 Å². The number of piperidine rings is 1. The fourth-order valence-electron chi connectivity index (χ4n) is 2.16. The van der Waals surface area contributed by atoms with Gasteiger partial charge in [-0.05, 0) is 47.5 Å². The van der Waals surface area contributed by atoms with Gasteiger partial charge in [-0.3, -0.25) is 4.79 Å². The minimum atomic E-state index is -3.65. The summed E-state index contributed by atoms with van der Waals surface area (Å²) in [6.07, 6.45) is 2.74. The summed E-state index contributed by atoms with van der Waals surface area (Å²) in [5, 5.41) is 0. The van der Waals surface area contributed by atoms with Gasteiger partial charge in [0.2, 0.25) is 0 Å². The van der Waals surface area contributed by atoms with Gasteiger partial charge in [0.25, 0.3) is 10.2 Å². The number of carbonyl (C=O) groups excluding carboxylic acids is 1. The Hall–Kier alpha value is -0.660. The van der Waals surface area contributed by atoms with Crippen LogP contribution >= 0.6 is 0 Å². The number of carbonyl (C=O) groups is 1. The van der Waals surface area contributed by atoms with E-state index >= 15 is 0 Å². The van der Waals surface area contributed by atoms with Crippen molar-refractivity contribution in [3.63, 3.8) is 0 Å². The summed E-state index contributed by atoms with van der Waals surface area (Å²) in [5.74, 6) is -0.564. The lowest BCUT2D eigenvalue weighted by Crippen LogP contribution is -2.52. The first-order chi connectivity index (χ1) is 9.03. The highest BCUT2D eigenvalue weighted by molar-refractivity contribution is 7.87. The van der Waals surface area contributed by atoms with Crippen LogP contribution in [0.3, 0.4) is 0 Å². The number of nitrogens with zero attached hydrogens (tertiary/aromatic N) is 1. The molecule has 0 radical (unpaired) electrons. The van der Waals surface area contributed by atoms with Crippen molar-refractivity contribution < 1.29 is 17.9 Å². The second-order valence-corrected chi connectivity index (χ2v) is 7.99. The van der Waals surface area contributed by atoms with Crippen LogP contribution in [0, 0.1) is 0 Å². The van der Waals surface area contributed by atoms with Crippen LogP contribution in [0.2, 0.25) is 0 Å². The molecule has 1 rings (SSSR count). The van der Waals surface area contributed by atoms with Crippen LogP contribution in [-0.2, 0) is 19.7 Å². The average molecular weight is 306 g/mol.